The van der Waals surface area contributed by atoms with Gasteiger partial charge in [0.1, 0.15) is 0 Å². The number of hydrogen-bond donors (Lipinski definition) is 1. The van der Waals surface area contributed by atoms with Crippen LogP contribution in [-0.2, 0) is 10.0 Å². The molecule has 6 nitrogen and oxygen atoms in total. The lowest BCUT2D eigenvalue weighted by Gasteiger charge is -2.27. The second-order valence-electron chi connectivity index (χ2n) is 6.60. The summed E-state index contributed by atoms with van der Waals surface area (Å²) < 4.78 is 27.1. The molecule has 1 aromatic carbocycles. The summed E-state index contributed by atoms with van der Waals surface area (Å²) in [6.45, 7) is 2.66. The quantitative estimate of drug-likeness (QED) is 0.865. The zero-order chi connectivity index (χ0) is 17.9. The van der Waals surface area contributed by atoms with Crippen molar-refractivity contribution in [2.24, 2.45) is 0 Å². The van der Waals surface area contributed by atoms with E-state index in [1.807, 2.05) is 5.01 Å². The average Bonchev–Trinajstić information content (AvgIpc) is 2.63. The molecule has 0 atom stereocenters. The molecule has 0 radical (unpaired) electrons. The van der Waals surface area contributed by atoms with Gasteiger partial charge in [0, 0.05) is 26.2 Å². The fourth-order valence-corrected chi connectivity index (χ4v) is 5.05. The van der Waals surface area contributed by atoms with Crippen LogP contribution in [-0.4, -0.2) is 49.8 Å². The first-order chi connectivity index (χ1) is 12.0. The van der Waals surface area contributed by atoms with Crippen LogP contribution >= 0.6 is 11.6 Å². The second kappa shape index (κ2) is 8.03. The number of hydrogen-bond acceptors (Lipinski definition) is 4. The van der Waals surface area contributed by atoms with E-state index in [0.717, 1.165) is 51.6 Å². The van der Waals surface area contributed by atoms with Crippen LogP contribution in [0.15, 0.2) is 23.1 Å². The highest BCUT2D eigenvalue weighted by Gasteiger charge is 2.27. The number of rotatable bonds is 4. The molecule has 1 aromatic rings. The number of amides is 1. The van der Waals surface area contributed by atoms with E-state index in [-0.39, 0.29) is 21.4 Å². The smallest absolute Gasteiger partial charge is 0.267 e. The number of halogens is 1. The lowest BCUT2D eigenvalue weighted by molar-refractivity contribution is 0.0750. The van der Waals surface area contributed by atoms with E-state index in [9.17, 15) is 13.2 Å². The molecule has 1 amide bonds. The summed E-state index contributed by atoms with van der Waals surface area (Å²) in [5.41, 5.74) is 3.04. The standard InChI is InChI=1S/C17H24ClN3O3S/c18-16-8-7-14(25(23,24)21-11-5-2-6-12-21)13-15(16)17(22)19-20-9-3-1-4-10-20/h7-8,13H,1-6,9-12H2,(H,19,22). The Morgan fingerprint density at radius 1 is 0.960 bits per heavy atom. The van der Waals surface area contributed by atoms with Crippen molar-refractivity contribution in [1.82, 2.24) is 14.7 Å². The van der Waals surface area contributed by atoms with Crippen LogP contribution < -0.4 is 5.43 Å². The minimum atomic E-state index is -3.59. The molecule has 0 aromatic heterocycles. The van der Waals surface area contributed by atoms with Gasteiger partial charge < -0.3 is 0 Å². The summed E-state index contributed by atoms with van der Waals surface area (Å²) in [7, 11) is -3.59. The van der Waals surface area contributed by atoms with Gasteiger partial charge in [-0.3, -0.25) is 10.2 Å². The van der Waals surface area contributed by atoms with Crippen LogP contribution in [0.1, 0.15) is 48.9 Å². The summed E-state index contributed by atoms with van der Waals surface area (Å²) in [5, 5.41) is 2.13. The minimum absolute atomic E-state index is 0.127. The van der Waals surface area contributed by atoms with Crippen molar-refractivity contribution < 1.29 is 13.2 Å². The molecule has 0 spiro atoms. The molecule has 138 valence electrons. The van der Waals surface area contributed by atoms with Gasteiger partial charge in [-0.1, -0.05) is 24.4 Å². The van der Waals surface area contributed by atoms with E-state index in [1.165, 1.54) is 22.5 Å². The van der Waals surface area contributed by atoms with Gasteiger partial charge in [-0.2, -0.15) is 4.31 Å². The molecule has 8 heteroatoms. The Labute approximate surface area is 154 Å². The monoisotopic (exact) mass is 385 g/mol. The SMILES string of the molecule is O=C(NN1CCCCC1)c1cc(S(=O)(=O)N2CCCCC2)ccc1Cl. The number of nitrogens with zero attached hydrogens (tertiary/aromatic N) is 2. The van der Waals surface area contributed by atoms with E-state index in [0.29, 0.717) is 13.1 Å². The normalized spacial score (nSPS) is 20.4. The van der Waals surface area contributed by atoms with Crippen LogP contribution in [0.25, 0.3) is 0 Å². The van der Waals surface area contributed by atoms with Gasteiger partial charge in [0.05, 0.1) is 15.5 Å². The third-order valence-corrected chi connectivity index (χ3v) is 6.98. The highest BCUT2D eigenvalue weighted by atomic mass is 35.5. The summed E-state index contributed by atoms with van der Waals surface area (Å²) in [6.07, 6.45) is 6.03. The average molecular weight is 386 g/mol. The molecule has 2 heterocycles. The number of piperidine rings is 2. The maximum atomic E-state index is 12.8. The summed E-state index contributed by atoms with van der Waals surface area (Å²) in [4.78, 5) is 12.7. The molecule has 0 saturated carbocycles. The first-order valence-electron chi connectivity index (χ1n) is 8.84. The molecule has 1 N–H and O–H groups in total. The maximum absolute atomic E-state index is 12.8. The van der Waals surface area contributed by atoms with Gasteiger partial charge in [0.2, 0.25) is 10.0 Å². The van der Waals surface area contributed by atoms with Gasteiger partial charge in [-0.15, -0.1) is 0 Å². The lowest BCUT2D eigenvalue weighted by Crippen LogP contribution is -2.45. The van der Waals surface area contributed by atoms with E-state index in [1.54, 1.807) is 0 Å². The Kier molecular flexibility index (Phi) is 5.99. The molecule has 2 saturated heterocycles. The molecule has 2 aliphatic rings. The number of hydrazine groups is 1. The summed E-state index contributed by atoms with van der Waals surface area (Å²) in [5.74, 6) is -0.359. The Morgan fingerprint density at radius 2 is 1.56 bits per heavy atom. The number of sulfonamides is 1. The number of benzene rings is 1. The fourth-order valence-electron chi connectivity index (χ4n) is 3.30. The van der Waals surface area contributed by atoms with Crippen molar-refractivity contribution in [3.8, 4) is 0 Å². The predicted octanol–water partition coefficient (Wildman–Crippen LogP) is 2.65. The van der Waals surface area contributed by atoms with Crippen LogP contribution in [0.5, 0.6) is 0 Å². The highest BCUT2D eigenvalue weighted by molar-refractivity contribution is 7.89. The number of nitrogens with one attached hydrogen (secondary N) is 1. The van der Waals surface area contributed by atoms with Crippen molar-refractivity contribution in [3.63, 3.8) is 0 Å². The van der Waals surface area contributed by atoms with Gasteiger partial charge in [0.25, 0.3) is 5.91 Å². The Balaban J connectivity index is 1.80. The molecule has 0 unspecified atom stereocenters. The van der Waals surface area contributed by atoms with Crippen LogP contribution in [0.2, 0.25) is 5.02 Å². The van der Waals surface area contributed by atoms with Crippen LogP contribution in [0.3, 0.4) is 0 Å². The number of carbonyl (C=O) groups excluding carboxylic acids is 1. The molecule has 0 bridgehead atoms. The highest BCUT2D eigenvalue weighted by Crippen LogP contribution is 2.25. The molecular weight excluding hydrogens is 362 g/mol. The zero-order valence-electron chi connectivity index (χ0n) is 14.2. The first kappa shape index (κ1) is 18.6. The van der Waals surface area contributed by atoms with E-state index >= 15 is 0 Å². The lowest BCUT2D eigenvalue weighted by atomic mass is 10.1. The molecular formula is C17H24ClN3O3S. The van der Waals surface area contributed by atoms with E-state index < -0.39 is 10.0 Å². The van der Waals surface area contributed by atoms with Gasteiger partial charge in [-0.05, 0) is 43.9 Å². The Hall–Kier alpha value is -1.15. The Bertz CT molecular complexity index is 727. The van der Waals surface area contributed by atoms with Crippen molar-refractivity contribution >= 4 is 27.5 Å². The topological polar surface area (TPSA) is 69.7 Å². The van der Waals surface area contributed by atoms with E-state index in [4.69, 9.17) is 11.6 Å². The van der Waals surface area contributed by atoms with Gasteiger partial charge in [0.15, 0.2) is 0 Å². The second-order valence-corrected chi connectivity index (χ2v) is 8.94. The van der Waals surface area contributed by atoms with Crippen LogP contribution in [0.4, 0.5) is 0 Å². The largest absolute Gasteiger partial charge is 0.285 e. The van der Waals surface area contributed by atoms with Gasteiger partial charge in [-0.25, -0.2) is 13.4 Å². The van der Waals surface area contributed by atoms with Gasteiger partial charge >= 0.3 is 0 Å². The zero-order valence-corrected chi connectivity index (χ0v) is 15.8. The molecule has 25 heavy (non-hydrogen) atoms. The summed E-state index contributed by atoms with van der Waals surface area (Å²) >= 11 is 6.16. The van der Waals surface area contributed by atoms with Crippen molar-refractivity contribution in [1.29, 1.82) is 0 Å². The Morgan fingerprint density at radius 3 is 2.20 bits per heavy atom. The van der Waals surface area contributed by atoms with Crippen LogP contribution in [0, 0.1) is 0 Å². The third-order valence-electron chi connectivity index (χ3n) is 4.75. The fraction of sp³-hybridized carbons (Fsp3) is 0.588. The molecule has 2 fully saturated rings. The predicted molar refractivity (Wildman–Crippen MR) is 97.0 cm³/mol. The van der Waals surface area contributed by atoms with Crippen molar-refractivity contribution in [3.05, 3.63) is 28.8 Å². The van der Waals surface area contributed by atoms with E-state index in [2.05, 4.69) is 5.43 Å². The summed E-state index contributed by atoms with van der Waals surface area (Å²) in [6, 6.07) is 4.36. The molecule has 0 aliphatic carbocycles. The third kappa shape index (κ3) is 4.34. The minimum Gasteiger partial charge on any atom is -0.285 e. The molecule has 3 rings (SSSR count). The number of carbonyl (C=O) groups is 1. The molecule has 2 aliphatic heterocycles. The first-order valence-corrected chi connectivity index (χ1v) is 10.7. The van der Waals surface area contributed by atoms with Crippen molar-refractivity contribution in [2.75, 3.05) is 26.2 Å². The maximum Gasteiger partial charge on any atom is 0.267 e. The van der Waals surface area contributed by atoms with Crippen molar-refractivity contribution in [2.45, 2.75) is 43.4 Å².